The highest BCUT2D eigenvalue weighted by atomic mass is 79.9. The molecule has 2 heterocycles. The van der Waals surface area contributed by atoms with Crippen LogP contribution >= 0.6 is 15.9 Å². The van der Waals surface area contributed by atoms with Gasteiger partial charge in [0.15, 0.2) is 0 Å². The molecule has 2 aromatic rings. The maximum Gasteiger partial charge on any atom is 0.122 e. The van der Waals surface area contributed by atoms with Crippen molar-refractivity contribution in [3.05, 3.63) is 59.4 Å². The summed E-state index contributed by atoms with van der Waals surface area (Å²) >= 11 is 3.82. The standard InChI is InChI=1S/C16H16BrNO/c1-11(14-4-2-3-8-18-14)16(17)13-5-6-15-12(10-13)7-9-19-15/h2-6,8,10-11,16H,7,9H2,1H3. The van der Waals surface area contributed by atoms with Gasteiger partial charge < -0.3 is 4.74 Å². The molecule has 0 spiro atoms. The van der Waals surface area contributed by atoms with Crippen molar-refractivity contribution in [2.24, 2.45) is 0 Å². The second-order valence-corrected chi connectivity index (χ2v) is 5.90. The molecule has 0 fully saturated rings. The number of rotatable bonds is 3. The molecule has 2 nitrogen and oxygen atoms in total. The molecule has 0 radical (unpaired) electrons. The summed E-state index contributed by atoms with van der Waals surface area (Å²) in [6.07, 6.45) is 2.86. The lowest BCUT2D eigenvalue weighted by Gasteiger charge is -2.18. The van der Waals surface area contributed by atoms with Crippen LogP contribution in [-0.2, 0) is 6.42 Å². The third kappa shape index (κ3) is 2.52. The van der Waals surface area contributed by atoms with Gasteiger partial charge in [0.1, 0.15) is 5.75 Å². The van der Waals surface area contributed by atoms with Gasteiger partial charge in [0.05, 0.1) is 6.61 Å². The highest BCUT2D eigenvalue weighted by Gasteiger charge is 2.21. The molecule has 0 amide bonds. The Morgan fingerprint density at radius 2 is 2.16 bits per heavy atom. The summed E-state index contributed by atoms with van der Waals surface area (Å²) in [5, 5.41) is 0. The molecular formula is C16H16BrNO. The molecule has 0 saturated carbocycles. The quantitative estimate of drug-likeness (QED) is 0.789. The molecule has 3 heteroatoms. The lowest BCUT2D eigenvalue weighted by atomic mass is 9.96. The molecule has 0 saturated heterocycles. The van der Waals surface area contributed by atoms with Crippen LogP contribution < -0.4 is 4.74 Å². The molecule has 19 heavy (non-hydrogen) atoms. The van der Waals surface area contributed by atoms with Gasteiger partial charge in [0, 0.05) is 29.1 Å². The highest BCUT2D eigenvalue weighted by Crippen LogP contribution is 2.39. The van der Waals surface area contributed by atoms with Crippen LogP contribution in [0.4, 0.5) is 0 Å². The Hall–Kier alpha value is -1.35. The molecule has 1 aromatic heterocycles. The Labute approximate surface area is 122 Å². The summed E-state index contributed by atoms with van der Waals surface area (Å²) in [5.41, 5.74) is 3.72. The van der Waals surface area contributed by atoms with Crippen molar-refractivity contribution in [3.8, 4) is 5.75 Å². The zero-order valence-corrected chi connectivity index (χ0v) is 12.4. The third-order valence-corrected chi connectivity index (χ3v) is 4.95. The van der Waals surface area contributed by atoms with Crippen LogP contribution in [0.25, 0.3) is 0 Å². The van der Waals surface area contributed by atoms with E-state index in [1.165, 1.54) is 11.1 Å². The van der Waals surface area contributed by atoms with Crippen molar-refractivity contribution in [2.75, 3.05) is 6.61 Å². The molecule has 2 unspecified atom stereocenters. The number of fused-ring (bicyclic) bond motifs is 1. The topological polar surface area (TPSA) is 22.1 Å². The second kappa shape index (κ2) is 5.33. The van der Waals surface area contributed by atoms with Gasteiger partial charge >= 0.3 is 0 Å². The van der Waals surface area contributed by atoms with Crippen LogP contribution in [0.15, 0.2) is 42.6 Å². The molecule has 3 rings (SSSR count). The fraction of sp³-hybridized carbons (Fsp3) is 0.312. The minimum Gasteiger partial charge on any atom is -0.493 e. The van der Waals surface area contributed by atoms with Crippen LogP contribution in [0.2, 0.25) is 0 Å². The first-order valence-electron chi connectivity index (χ1n) is 6.56. The zero-order chi connectivity index (χ0) is 13.2. The Bertz CT molecular complexity index is 570. The van der Waals surface area contributed by atoms with Crippen LogP contribution in [0, 0.1) is 0 Å². The lowest BCUT2D eigenvalue weighted by molar-refractivity contribution is 0.357. The van der Waals surface area contributed by atoms with Crippen LogP contribution in [0.3, 0.4) is 0 Å². The molecule has 1 aromatic carbocycles. The summed E-state index contributed by atoms with van der Waals surface area (Å²) in [5.74, 6) is 1.37. The lowest BCUT2D eigenvalue weighted by Crippen LogP contribution is -2.04. The molecule has 2 atom stereocenters. The number of hydrogen-bond donors (Lipinski definition) is 0. The normalized spacial score (nSPS) is 16.5. The Kier molecular flexibility index (Phi) is 3.56. The zero-order valence-electron chi connectivity index (χ0n) is 10.8. The molecule has 1 aliphatic heterocycles. The van der Waals surface area contributed by atoms with E-state index in [1.807, 2.05) is 18.3 Å². The van der Waals surface area contributed by atoms with Crippen molar-refractivity contribution in [1.82, 2.24) is 4.98 Å². The van der Waals surface area contributed by atoms with E-state index >= 15 is 0 Å². The highest BCUT2D eigenvalue weighted by molar-refractivity contribution is 9.09. The molecule has 98 valence electrons. The van der Waals surface area contributed by atoms with E-state index in [0.717, 1.165) is 24.5 Å². The molecule has 0 aliphatic carbocycles. The molecule has 0 bridgehead atoms. The minimum atomic E-state index is 0.272. The van der Waals surface area contributed by atoms with Gasteiger partial charge in [-0.25, -0.2) is 0 Å². The predicted octanol–water partition coefficient (Wildman–Crippen LogP) is 4.26. The van der Waals surface area contributed by atoms with Crippen molar-refractivity contribution in [2.45, 2.75) is 24.1 Å². The first kappa shape index (κ1) is 12.7. The average Bonchev–Trinajstić information content (AvgIpc) is 2.94. The van der Waals surface area contributed by atoms with Gasteiger partial charge in [-0.05, 0) is 29.3 Å². The monoisotopic (exact) mass is 317 g/mol. The summed E-state index contributed by atoms with van der Waals surface area (Å²) in [7, 11) is 0. The molecule has 1 aliphatic rings. The largest absolute Gasteiger partial charge is 0.493 e. The van der Waals surface area contributed by atoms with E-state index in [4.69, 9.17) is 4.74 Å². The van der Waals surface area contributed by atoms with Gasteiger partial charge in [-0.15, -0.1) is 0 Å². The van der Waals surface area contributed by atoms with Gasteiger partial charge in [-0.2, -0.15) is 0 Å². The molecule has 0 N–H and O–H groups in total. The van der Waals surface area contributed by atoms with E-state index in [2.05, 4.69) is 52.1 Å². The number of hydrogen-bond acceptors (Lipinski definition) is 2. The fourth-order valence-corrected chi connectivity index (χ4v) is 3.02. The smallest absolute Gasteiger partial charge is 0.122 e. The van der Waals surface area contributed by atoms with E-state index in [0.29, 0.717) is 5.92 Å². The number of benzene rings is 1. The number of pyridine rings is 1. The maximum absolute atomic E-state index is 5.55. The maximum atomic E-state index is 5.55. The second-order valence-electron chi connectivity index (χ2n) is 4.91. The van der Waals surface area contributed by atoms with Crippen LogP contribution in [-0.4, -0.2) is 11.6 Å². The Balaban J connectivity index is 1.86. The van der Waals surface area contributed by atoms with Gasteiger partial charge in [-0.3, -0.25) is 4.98 Å². The number of ether oxygens (including phenoxy) is 1. The van der Waals surface area contributed by atoms with Crippen molar-refractivity contribution in [1.29, 1.82) is 0 Å². The van der Waals surface area contributed by atoms with E-state index in [1.54, 1.807) is 0 Å². The van der Waals surface area contributed by atoms with Gasteiger partial charge in [0.25, 0.3) is 0 Å². The van der Waals surface area contributed by atoms with Gasteiger partial charge in [-0.1, -0.05) is 41.1 Å². The Morgan fingerprint density at radius 1 is 1.26 bits per heavy atom. The van der Waals surface area contributed by atoms with E-state index in [-0.39, 0.29) is 4.83 Å². The first-order valence-corrected chi connectivity index (χ1v) is 7.48. The van der Waals surface area contributed by atoms with Crippen molar-refractivity contribution < 1.29 is 4.74 Å². The fourth-order valence-electron chi connectivity index (χ4n) is 2.46. The number of halogens is 1. The third-order valence-electron chi connectivity index (χ3n) is 3.63. The predicted molar refractivity (Wildman–Crippen MR) is 80.0 cm³/mol. The minimum absolute atomic E-state index is 0.272. The number of nitrogens with zero attached hydrogens (tertiary/aromatic N) is 1. The summed E-state index contributed by atoms with van der Waals surface area (Å²) in [6.45, 7) is 3.01. The van der Waals surface area contributed by atoms with Crippen molar-refractivity contribution >= 4 is 15.9 Å². The molecular weight excluding hydrogens is 302 g/mol. The average molecular weight is 318 g/mol. The summed E-state index contributed by atoms with van der Waals surface area (Å²) < 4.78 is 5.55. The SMILES string of the molecule is CC(c1ccccn1)C(Br)c1ccc2c(c1)CCO2. The number of aromatic nitrogens is 1. The van der Waals surface area contributed by atoms with Crippen LogP contribution in [0.5, 0.6) is 5.75 Å². The van der Waals surface area contributed by atoms with E-state index in [9.17, 15) is 0 Å². The van der Waals surface area contributed by atoms with Gasteiger partial charge in [0.2, 0.25) is 0 Å². The summed E-state index contributed by atoms with van der Waals surface area (Å²) in [6, 6.07) is 12.5. The van der Waals surface area contributed by atoms with Crippen LogP contribution in [0.1, 0.15) is 34.5 Å². The summed E-state index contributed by atoms with van der Waals surface area (Å²) in [4.78, 5) is 4.71. The van der Waals surface area contributed by atoms with E-state index < -0.39 is 0 Å². The number of alkyl halides is 1. The van der Waals surface area contributed by atoms with Crippen molar-refractivity contribution in [3.63, 3.8) is 0 Å². The Morgan fingerprint density at radius 3 is 2.95 bits per heavy atom. The first-order chi connectivity index (χ1) is 9.25.